The van der Waals surface area contributed by atoms with E-state index >= 15 is 0 Å². The molecule has 0 aliphatic carbocycles. The van der Waals surface area contributed by atoms with E-state index in [0.717, 1.165) is 28.8 Å². The summed E-state index contributed by atoms with van der Waals surface area (Å²) in [7, 11) is 0. The maximum absolute atomic E-state index is 14.0. The molecule has 0 saturated heterocycles. The molecule has 0 radical (unpaired) electrons. The number of hydrogen-bond donors (Lipinski definition) is 1. The molecule has 4 heteroatoms. The van der Waals surface area contributed by atoms with E-state index in [-0.39, 0.29) is 11.9 Å². The summed E-state index contributed by atoms with van der Waals surface area (Å²) in [5.74, 6) is 0.789. The highest BCUT2D eigenvalue weighted by Crippen LogP contribution is 2.25. The van der Waals surface area contributed by atoms with Crippen LogP contribution in [-0.4, -0.2) is 6.54 Å². The predicted octanol–water partition coefficient (Wildman–Crippen LogP) is 4.64. The lowest BCUT2D eigenvalue weighted by Crippen LogP contribution is -2.23. The molecule has 0 amide bonds. The third-order valence-corrected chi connectivity index (χ3v) is 3.86. The third kappa shape index (κ3) is 3.49. The molecule has 1 N–H and O–H groups in total. The number of rotatable bonds is 6. The molecule has 1 aromatic heterocycles. The molecule has 2 nitrogen and oxygen atoms in total. The zero-order valence-corrected chi connectivity index (χ0v) is 13.3. The Labute approximate surface area is 127 Å². The van der Waals surface area contributed by atoms with Crippen molar-refractivity contribution in [1.82, 2.24) is 5.32 Å². The van der Waals surface area contributed by atoms with Crippen LogP contribution in [0.3, 0.4) is 0 Å². The average Bonchev–Trinajstić information content (AvgIpc) is 2.89. The number of aryl methyl sites for hydroxylation is 1. The fourth-order valence-electron chi connectivity index (χ4n) is 2.39. The van der Waals surface area contributed by atoms with Crippen molar-refractivity contribution < 1.29 is 8.81 Å². The standard InChI is InChI=1S/C16H19BrFNO/c1-3-16-13(7-8-20-16)15(19-4-2)9-11-5-6-12(17)10-14(11)18/h5-8,10,15,19H,3-4,9H2,1-2H3. The summed E-state index contributed by atoms with van der Waals surface area (Å²) in [6.45, 7) is 4.94. The minimum Gasteiger partial charge on any atom is -0.469 e. The first kappa shape index (κ1) is 15.3. The Morgan fingerprint density at radius 2 is 2.10 bits per heavy atom. The Morgan fingerprint density at radius 3 is 2.75 bits per heavy atom. The van der Waals surface area contributed by atoms with Crippen LogP contribution in [0.5, 0.6) is 0 Å². The number of benzene rings is 1. The first-order valence-corrected chi connectivity index (χ1v) is 7.68. The van der Waals surface area contributed by atoms with E-state index in [2.05, 4.69) is 35.1 Å². The van der Waals surface area contributed by atoms with Crippen molar-refractivity contribution in [3.8, 4) is 0 Å². The van der Waals surface area contributed by atoms with Gasteiger partial charge in [-0.25, -0.2) is 4.39 Å². The third-order valence-electron chi connectivity index (χ3n) is 3.37. The van der Waals surface area contributed by atoms with Crippen LogP contribution in [-0.2, 0) is 12.8 Å². The lowest BCUT2D eigenvalue weighted by molar-refractivity contribution is 0.482. The Bertz CT molecular complexity index is 567. The topological polar surface area (TPSA) is 25.2 Å². The highest BCUT2D eigenvalue weighted by molar-refractivity contribution is 9.10. The summed E-state index contributed by atoms with van der Waals surface area (Å²) in [5.41, 5.74) is 1.83. The number of likely N-dealkylation sites (N-methyl/N-ethyl adjacent to an activating group) is 1. The zero-order chi connectivity index (χ0) is 14.5. The van der Waals surface area contributed by atoms with Gasteiger partial charge in [-0.15, -0.1) is 0 Å². The van der Waals surface area contributed by atoms with Crippen molar-refractivity contribution in [3.63, 3.8) is 0 Å². The molecule has 1 unspecified atom stereocenters. The Morgan fingerprint density at radius 1 is 1.30 bits per heavy atom. The predicted molar refractivity (Wildman–Crippen MR) is 82.3 cm³/mol. The van der Waals surface area contributed by atoms with E-state index in [1.807, 2.05) is 18.2 Å². The number of halogens is 2. The molecule has 1 heterocycles. The fourth-order valence-corrected chi connectivity index (χ4v) is 2.73. The average molecular weight is 340 g/mol. The van der Waals surface area contributed by atoms with Gasteiger partial charge >= 0.3 is 0 Å². The van der Waals surface area contributed by atoms with E-state index in [0.29, 0.717) is 12.0 Å². The Balaban J connectivity index is 2.25. The van der Waals surface area contributed by atoms with Gasteiger partial charge in [-0.3, -0.25) is 0 Å². The van der Waals surface area contributed by atoms with Crippen LogP contribution in [0, 0.1) is 5.82 Å². The summed E-state index contributed by atoms with van der Waals surface area (Å²) < 4.78 is 20.2. The Kier molecular flexibility index (Phi) is 5.38. The highest BCUT2D eigenvalue weighted by atomic mass is 79.9. The van der Waals surface area contributed by atoms with E-state index in [1.165, 1.54) is 6.07 Å². The molecule has 0 bridgehead atoms. The molecular formula is C16H19BrFNO. The lowest BCUT2D eigenvalue weighted by atomic mass is 9.98. The van der Waals surface area contributed by atoms with Crippen LogP contribution in [0.25, 0.3) is 0 Å². The summed E-state index contributed by atoms with van der Waals surface area (Å²) in [6, 6.07) is 7.26. The fraction of sp³-hybridized carbons (Fsp3) is 0.375. The maximum Gasteiger partial charge on any atom is 0.127 e. The summed E-state index contributed by atoms with van der Waals surface area (Å²) in [6.07, 6.45) is 3.16. The lowest BCUT2D eigenvalue weighted by Gasteiger charge is -2.18. The second-order valence-electron chi connectivity index (χ2n) is 4.70. The van der Waals surface area contributed by atoms with Gasteiger partial charge in [0.25, 0.3) is 0 Å². The quantitative estimate of drug-likeness (QED) is 0.829. The van der Waals surface area contributed by atoms with Gasteiger partial charge in [-0.1, -0.05) is 35.8 Å². The van der Waals surface area contributed by atoms with Crippen LogP contribution >= 0.6 is 15.9 Å². The van der Waals surface area contributed by atoms with Gasteiger partial charge in [-0.05, 0) is 36.7 Å². The van der Waals surface area contributed by atoms with Crippen LogP contribution in [0.1, 0.15) is 36.8 Å². The van der Waals surface area contributed by atoms with Gasteiger partial charge in [-0.2, -0.15) is 0 Å². The first-order valence-electron chi connectivity index (χ1n) is 6.89. The molecule has 2 aromatic rings. The minimum atomic E-state index is -0.177. The van der Waals surface area contributed by atoms with Crippen molar-refractivity contribution in [2.24, 2.45) is 0 Å². The van der Waals surface area contributed by atoms with E-state index in [9.17, 15) is 4.39 Å². The van der Waals surface area contributed by atoms with Crippen molar-refractivity contribution >= 4 is 15.9 Å². The van der Waals surface area contributed by atoms with Crippen molar-refractivity contribution in [2.75, 3.05) is 6.54 Å². The highest BCUT2D eigenvalue weighted by Gasteiger charge is 2.18. The first-order chi connectivity index (χ1) is 9.65. The molecule has 0 aliphatic heterocycles. The van der Waals surface area contributed by atoms with Crippen LogP contribution in [0.2, 0.25) is 0 Å². The molecule has 1 atom stereocenters. The molecule has 0 fully saturated rings. The van der Waals surface area contributed by atoms with Crippen molar-refractivity contribution in [1.29, 1.82) is 0 Å². The largest absolute Gasteiger partial charge is 0.469 e. The van der Waals surface area contributed by atoms with Gasteiger partial charge in [0.1, 0.15) is 11.6 Å². The molecule has 108 valence electrons. The summed E-state index contributed by atoms with van der Waals surface area (Å²) in [5, 5.41) is 3.41. The van der Waals surface area contributed by atoms with Crippen LogP contribution in [0.15, 0.2) is 39.4 Å². The molecule has 1 aromatic carbocycles. The van der Waals surface area contributed by atoms with Gasteiger partial charge in [0, 0.05) is 22.5 Å². The summed E-state index contributed by atoms with van der Waals surface area (Å²) in [4.78, 5) is 0. The number of nitrogens with one attached hydrogen (secondary N) is 1. The molecule has 0 spiro atoms. The molecule has 0 saturated carbocycles. The molecular weight excluding hydrogens is 321 g/mol. The minimum absolute atomic E-state index is 0.0735. The van der Waals surface area contributed by atoms with Gasteiger partial charge in [0.05, 0.1) is 6.26 Å². The van der Waals surface area contributed by atoms with Crippen molar-refractivity contribution in [2.45, 2.75) is 32.7 Å². The normalized spacial score (nSPS) is 12.6. The van der Waals surface area contributed by atoms with Gasteiger partial charge in [0.15, 0.2) is 0 Å². The van der Waals surface area contributed by atoms with Crippen LogP contribution in [0.4, 0.5) is 4.39 Å². The van der Waals surface area contributed by atoms with E-state index in [4.69, 9.17) is 4.42 Å². The Hall–Kier alpha value is -1.13. The maximum atomic E-state index is 14.0. The monoisotopic (exact) mass is 339 g/mol. The molecule has 0 aliphatic rings. The van der Waals surface area contributed by atoms with E-state index < -0.39 is 0 Å². The van der Waals surface area contributed by atoms with Gasteiger partial charge < -0.3 is 9.73 Å². The number of hydrogen-bond acceptors (Lipinski definition) is 2. The summed E-state index contributed by atoms with van der Waals surface area (Å²) >= 11 is 3.28. The SMILES string of the molecule is CCNC(Cc1ccc(Br)cc1F)c1ccoc1CC. The second kappa shape index (κ2) is 7.04. The zero-order valence-electron chi connectivity index (χ0n) is 11.7. The van der Waals surface area contributed by atoms with Crippen molar-refractivity contribution in [3.05, 3.63) is 57.7 Å². The molecule has 20 heavy (non-hydrogen) atoms. The van der Waals surface area contributed by atoms with E-state index in [1.54, 1.807) is 6.26 Å². The second-order valence-corrected chi connectivity index (χ2v) is 5.62. The number of furan rings is 1. The molecule has 2 rings (SSSR count). The van der Waals surface area contributed by atoms with Crippen LogP contribution < -0.4 is 5.32 Å². The van der Waals surface area contributed by atoms with Gasteiger partial charge in [0.2, 0.25) is 0 Å². The smallest absolute Gasteiger partial charge is 0.127 e.